The van der Waals surface area contributed by atoms with Crippen molar-refractivity contribution in [3.63, 3.8) is 0 Å². The molecule has 0 bridgehead atoms. The Balaban J connectivity index is 3.73. The van der Waals surface area contributed by atoms with Gasteiger partial charge in [-0.3, -0.25) is 0 Å². The van der Waals surface area contributed by atoms with Crippen molar-refractivity contribution in [2.75, 3.05) is 6.54 Å². The molecular formula is C7H18N4. The van der Waals surface area contributed by atoms with Crippen LogP contribution in [0.1, 0.15) is 27.2 Å². The highest BCUT2D eigenvalue weighted by molar-refractivity contribution is 5.81. The third-order valence-electron chi connectivity index (χ3n) is 1.14. The molecule has 0 saturated heterocycles. The molecule has 0 aliphatic carbocycles. The van der Waals surface area contributed by atoms with Gasteiger partial charge in [0.05, 0.1) is 0 Å². The van der Waals surface area contributed by atoms with E-state index in [1.807, 2.05) is 6.92 Å². The van der Waals surface area contributed by atoms with Crippen molar-refractivity contribution in [3.05, 3.63) is 0 Å². The summed E-state index contributed by atoms with van der Waals surface area (Å²) in [5.41, 5.74) is 5.41. The normalized spacial score (nSPS) is 11.9. The van der Waals surface area contributed by atoms with Gasteiger partial charge in [0.1, 0.15) is 5.84 Å². The molecule has 0 amide bonds. The van der Waals surface area contributed by atoms with Crippen molar-refractivity contribution in [1.29, 1.82) is 0 Å². The Hall–Kier alpha value is -0.770. The molecule has 0 aromatic heterocycles. The van der Waals surface area contributed by atoms with Crippen molar-refractivity contribution in [2.45, 2.75) is 27.2 Å². The minimum atomic E-state index is 0.573. The van der Waals surface area contributed by atoms with Gasteiger partial charge in [-0.1, -0.05) is 13.8 Å². The van der Waals surface area contributed by atoms with Crippen LogP contribution in [0.2, 0.25) is 0 Å². The first-order valence-electron chi connectivity index (χ1n) is 3.96. The Morgan fingerprint density at radius 1 is 1.55 bits per heavy atom. The van der Waals surface area contributed by atoms with E-state index in [1.54, 1.807) is 0 Å². The highest BCUT2D eigenvalue weighted by atomic mass is 15.4. The first-order valence-corrected chi connectivity index (χ1v) is 3.96. The minimum Gasteiger partial charge on any atom is -0.311 e. The molecule has 0 spiro atoms. The van der Waals surface area contributed by atoms with Crippen LogP contribution in [0.15, 0.2) is 5.10 Å². The topological polar surface area (TPSA) is 62.4 Å². The fraction of sp³-hybridized carbons (Fsp3) is 0.857. The summed E-state index contributed by atoms with van der Waals surface area (Å²) >= 11 is 0. The Bertz CT molecular complexity index is 120. The zero-order valence-corrected chi connectivity index (χ0v) is 7.52. The fourth-order valence-electron chi connectivity index (χ4n) is 0.698. The summed E-state index contributed by atoms with van der Waals surface area (Å²) < 4.78 is 0. The molecule has 0 aliphatic rings. The lowest BCUT2D eigenvalue weighted by atomic mass is 10.1. The first-order chi connectivity index (χ1) is 5.20. The van der Waals surface area contributed by atoms with Gasteiger partial charge in [0.25, 0.3) is 0 Å². The third-order valence-corrected chi connectivity index (χ3v) is 1.14. The lowest BCUT2D eigenvalue weighted by molar-refractivity contribution is 0.656. The van der Waals surface area contributed by atoms with Gasteiger partial charge in [-0.2, -0.15) is 5.10 Å². The van der Waals surface area contributed by atoms with Crippen LogP contribution in [-0.4, -0.2) is 12.4 Å². The Kier molecular flexibility index (Phi) is 5.56. The number of nitrogens with zero attached hydrogens (tertiary/aromatic N) is 1. The van der Waals surface area contributed by atoms with E-state index < -0.39 is 0 Å². The second-order valence-corrected chi connectivity index (χ2v) is 2.81. The number of hydrazine groups is 1. The highest BCUT2D eigenvalue weighted by Crippen LogP contribution is 1.98. The monoisotopic (exact) mass is 158 g/mol. The van der Waals surface area contributed by atoms with E-state index in [0.717, 1.165) is 18.8 Å². The number of hydrazone groups is 1. The van der Waals surface area contributed by atoms with Crippen LogP contribution in [0.25, 0.3) is 0 Å². The van der Waals surface area contributed by atoms with Crippen LogP contribution in [0.3, 0.4) is 0 Å². The molecule has 0 aromatic rings. The van der Waals surface area contributed by atoms with Gasteiger partial charge >= 0.3 is 0 Å². The molecule has 4 heteroatoms. The summed E-state index contributed by atoms with van der Waals surface area (Å²) in [5.74, 6) is 6.62. The lowest BCUT2D eigenvalue weighted by Gasteiger charge is -2.07. The number of amidine groups is 1. The number of hydrogen-bond acceptors (Lipinski definition) is 3. The van der Waals surface area contributed by atoms with E-state index in [1.165, 1.54) is 0 Å². The number of hydrogen-bond donors (Lipinski definition) is 3. The minimum absolute atomic E-state index is 0.573. The maximum Gasteiger partial charge on any atom is 0.136 e. The van der Waals surface area contributed by atoms with Crippen molar-refractivity contribution in [2.24, 2.45) is 16.9 Å². The largest absolute Gasteiger partial charge is 0.311 e. The summed E-state index contributed by atoms with van der Waals surface area (Å²) in [6.07, 6.45) is 0.878. The standard InChI is InChI=1S/C7H18N4/c1-4-9-11-7(10-8)5-6(2)3/h6,9H,4-5,8H2,1-3H3,(H,10,11). The number of nitrogens with one attached hydrogen (secondary N) is 2. The van der Waals surface area contributed by atoms with Crippen LogP contribution in [-0.2, 0) is 0 Å². The van der Waals surface area contributed by atoms with E-state index in [9.17, 15) is 0 Å². The van der Waals surface area contributed by atoms with Gasteiger partial charge in [-0.15, -0.1) is 0 Å². The molecule has 4 N–H and O–H groups in total. The molecule has 0 aromatic carbocycles. The van der Waals surface area contributed by atoms with Gasteiger partial charge in [-0.25, -0.2) is 5.84 Å². The highest BCUT2D eigenvalue weighted by Gasteiger charge is 1.99. The van der Waals surface area contributed by atoms with E-state index in [0.29, 0.717) is 5.92 Å². The first kappa shape index (κ1) is 10.2. The molecule has 0 aliphatic heterocycles. The molecule has 0 fully saturated rings. The Labute approximate surface area is 68.2 Å². The second-order valence-electron chi connectivity index (χ2n) is 2.81. The van der Waals surface area contributed by atoms with Crippen LogP contribution in [0.4, 0.5) is 0 Å². The molecule has 4 nitrogen and oxygen atoms in total. The van der Waals surface area contributed by atoms with Gasteiger partial charge in [0.2, 0.25) is 0 Å². The fourth-order valence-corrected chi connectivity index (χ4v) is 0.698. The van der Waals surface area contributed by atoms with Gasteiger partial charge in [-0.05, 0) is 12.8 Å². The van der Waals surface area contributed by atoms with Crippen LogP contribution < -0.4 is 16.7 Å². The van der Waals surface area contributed by atoms with E-state index >= 15 is 0 Å². The molecule has 0 atom stereocenters. The van der Waals surface area contributed by atoms with Gasteiger partial charge < -0.3 is 10.9 Å². The van der Waals surface area contributed by atoms with Crippen LogP contribution in [0, 0.1) is 5.92 Å². The molecule has 0 radical (unpaired) electrons. The van der Waals surface area contributed by atoms with E-state index in [2.05, 4.69) is 29.8 Å². The van der Waals surface area contributed by atoms with Gasteiger partial charge in [0.15, 0.2) is 0 Å². The molecule has 66 valence electrons. The molecular weight excluding hydrogens is 140 g/mol. The average Bonchev–Trinajstić information content (AvgIpc) is 1.97. The summed E-state index contributed by atoms with van der Waals surface area (Å²) in [6.45, 7) is 7.06. The predicted octanol–water partition coefficient (Wildman–Crippen LogP) is 0.419. The second kappa shape index (κ2) is 5.97. The van der Waals surface area contributed by atoms with Crippen molar-refractivity contribution in [3.8, 4) is 0 Å². The summed E-state index contributed by atoms with van der Waals surface area (Å²) in [4.78, 5) is 0. The van der Waals surface area contributed by atoms with Gasteiger partial charge in [0, 0.05) is 13.0 Å². The van der Waals surface area contributed by atoms with Crippen molar-refractivity contribution >= 4 is 5.84 Å². The lowest BCUT2D eigenvalue weighted by Crippen LogP contribution is -2.33. The number of nitrogens with two attached hydrogens (primary N) is 1. The summed E-state index contributed by atoms with van der Waals surface area (Å²) in [7, 11) is 0. The van der Waals surface area contributed by atoms with E-state index in [-0.39, 0.29) is 0 Å². The smallest absolute Gasteiger partial charge is 0.136 e. The molecule has 11 heavy (non-hydrogen) atoms. The maximum atomic E-state index is 5.24. The Morgan fingerprint density at radius 2 is 2.18 bits per heavy atom. The zero-order chi connectivity index (χ0) is 8.69. The van der Waals surface area contributed by atoms with Crippen molar-refractivity contribution in [1.82, 2.24) is 10.9 Å². The maximum absolute atomic E-state index is 5.24. The van der Waals surface area contributed by atoms with Crippen molar-refractivity contribution < 1.29 is 0 Å². The van der Waals surface area contributed by atoms with E-state index in [4.69, 9.17) is 5.84 Å². The summed E-state index contributed by atoms with van der Waals surface area (Å²) in [6, 6.07) is 0. The molecule has 0 rings (SSSR count). The Morgan fingerprint density at radius 3 is 2.55 bits per heavy atom. The average molecular weight is 158 g/mol. The summed E-state index contributed by atoms with van der Waals surface area (Å²) in [5, 5.41) is 4.03. The molecule has 0 unspecified atom stereocenters. The SMILES string of the molecule is CCN/N=C(\CC(C)C)NN. The van der Waals surface area contributed by atoms with Crippen LogP contribution >= 0.6 is 0 Å². The third kappa shape index (κ3) is 5.66. The van der Waals surface area contributed by atoms with Crippen LogP contribution in [0.5, 0.6) is 0 Å². The molecule has 0 heterocycles. The quantitative estimate of drug-likeness (QED) is 0.240. The number of rotatable bonds is 4. The molecule has 0 saturated carbocycles. The zero-order valence-electron chi connectivity index (χ0n) is 7.52. The predicted molar refractivity (Wildman–Crippen MR) is 47.9 cm³/mol.